The Hall–Kier alpha value is -5.34. The lowest BCUT2D eigenvalue weighted by Crippen LogP contribution is -2.31. The van der Waals surface area contributed by atoms with E-state index in [0.29, 0.717) is 0 Å². The summed E-state index contributed by atoms with van der Waals surface area (Å²) in [6, 6.07) is 47.5. The molecule has 2 nitrogen and oxygen atoms in total. The van der Waals surface area contributed by atoms with E-state index in [1.165, 1.54) is 45.0 Å². The van der Waals surface area contributed by atoms with Crippen LogP contribution in [0.1, 0.15) is 22.6 Å². The Morgan fingerprint density at radius 3 is 1.52 bits per heavy atom. The summed E-state index contributed by atoms with van der Waals surface area (Å²) in [7, 11) is 0. The Bertz CT molecular complexity index is 1790. The van der Waals surface area contributed by atoms with E-state index < -0.39 is 0 Å². The molecule has 0 N–H and O–H groups in total. The van der Waals surface area contributed by atoms with Gasteiger partial charge in [0, 0.05) is 45.8 Å². The van der Waals surface area contributed by atoms with E-state index in [1.807, 2.05) is 0 Å². The molecule has 200 valence electrons. The molecule has 2 atom stereocenters. The number of para-hydroxylation sites is 4. The first-order valence-electron chi connectivity index (χ1n) is 14.6. The molecule has 3 aliphatic carbocycles. The van der Waals surface area contributed by atoms with Crippen molar-refractivity contribution >= 4 is 40.6 Å². The molecule has 2 unspecified atom stereocenters. The minimum atomic E-state index is 0.207. The molecule has 0 bridgehead atoms. The van der Waals surface area contributed by atoms with Gasteiger partial charge in [0.15, 0.2) is 0 Å². The maximum absolute atomic E-state index is 2.43. The summed E-state index contributed by atoms with van der Waals surface area (Å²) in [5.41, 5.74) is 12.5. The largest absolute Gasteiger partial charge is 0.314 e. The van der Waals surface area contributed by atoms with Crippen LogP contribution in [0.2, 0.25) is 0 Å². The maximum Gasteiger partial charge on any atom is 0.0537 e. The van der Waals surface area contributed by atoms with Gasteiger partial charge in [-0.15, -0.1) is 0 Å². The summed E-state index contributed by atoms with van der Waals surface area (Å²) in [5.74, 6) is 0.451. The van der Waals surface area contributed by atoms with E-state index in [4.69, 9.17) is 0 Å². The Labute approximate surface area is 247 Å². The van der Waals surface area contributed by atoms with Crippen LogP contribution in [0.15, 0.2) is 169 Å². The molecular formula is C40H30N2. The number of hydrogen-bond acceptors (Lipinski definition) is 2. The minimum Gasteiger partial charge on any atom is -0.314 e. The fourth-order valence-corrected chi connectivity index (χ4v) is 6.79. The van der Waals surface area contributed by atoms with Gasteiger partial charge >= 0.3 is 0 Å². The van der Waals surface area contributed by atoms with Gasteiger partial charge in [-0.3, -0.25) is 0 Å². The first-order chi connectivity index (χ1) is 20.9. The Balaban J connectivity index is 1.29. The van der Waals surface area contributed by atoms with Crippen LogP contribution in [0.4, 0.5) is 28.4 Å². The quantitative estimate of drug-likeness (QED) is 0.212. The van der Waals surface area contributed by atoms with Gasteiger partial charge in [-0.25, -0.2) is 0 Å². The lowest BCUT2D eigenvalue weighted by molar-refractivity contribution is 0.619. The molecule has 0 saturated heterocycles. The third kappa shape index (κ3) is 4.03. The van der Waals surface area contributed by atoms with Crippen LogP contribution in [0.3, 0.4) is 0 Å². The van der Waals surface area contributed by atoms with Crippen LogP contribution < -0.4 is 9.80 Å². The highest BCUT2D eigenvalue weighted by Crippen LogP contribution is 2.54. The molecule has 0 aromatic heterocycles. The zero-order chi connectivity index (χ0) is 27.9. The van der Waals surface area contributed by atoms with Gasteiger partial charge in [-0.1, -0.05) is 109 Å². The predicted molar refractivity (Wildman–Crippen MR) is 177 cm³/mol. The second kappa shape index (κ2) is 10.2. The normalized spacial score (nSPS) is 17.6. The third-order valence-corrected chi connectivity index (χ3v) is 8.60. The molecule has 5 aromatic rings. The van der Waals surface area contributed by atoms with Gasteiger partial charge in [0.1, 0.15) is 0 Å². The summed E-state index contributed by atoms with van der Waals surface area (Å²) < 4.78 is 0. The molecule has 3 aliphatic rings. The molecular weight excluding hydrogens is 508 g/mol. The zero-order valence-electron chi connectivity index (χ0n) is 23.2. The van der Waals surface area contributed by atoms with Crippen molar-refractivity contribution in [2.45, 2.75) is 5.92 Å². The van der Waals surface area contributed by atoms with Crippen molar-refractivity contribution < 1.29 is 0 Å². The van der Waals surface area contributed by atoms with Crippen LogP contribution in [0.25, 0.3) is 12.2 Å². The fourth-order valence-electron chi connectivity index (χ4n) is 6.79. The van der Waals surface area contributed by atoms with Crippen LogP contribution >= 0.6 is 0 Å². The standard InChI is InChI=1S/C40H30N2/c1-5-13-31(14-6-1)41(32-15-7-2-8-16-32)37-27-23-29-22-26-36-38(28-24-30-21-25-35(37)39(29)40(30)36)42(33-17-9-3-10-18-33)34-19-11-4-12-20-34/h1-28,35,39H. The Morgan fingerprint density at radius 1 is 0.452 bits per heavy atom. The minimum absolute atomic E-state index is 0.207. The van der Waals surface area contributed by atoms with Gasteiger partial charge in [0.25, 0.3) is 0 Å². The van der Waals surface area contributed by atoms with E-state index in [9.17, 15) is 0 Å². The van der Waals surface area contributed by atoms with Crippen molar-refractivity contribution in [1.82, 2.24) is 0 Å². The highest BCUT2D eigenvalue weighted by atomic mass is 15.2. The summed E-state index contributed by atoms with van der Waals surface area (Å²) in [6.45, 7) is 0. The molecule has 5 aromatic carbocycles. The number of allylic oxidation sites excluding steroid dienone is 5. The number of anilines is 5. The van der Waals surface area contributed by atoms with Crippen molar-refractivity contribution in [2.24, 2.45) is 5.92 Å². The molecule has 0 saturated carbocycles. The number of rotatable bonds is 6. The van der Waals surface area contributed by atoms with E-state index >= 15 is 0 Å². The first-order valence-corrected chi connectivity index (χ1v) is 14.6. The number of nitrogens with zero attached hydrogens (tertiary/aromatic N) is 2. The summed E-state index contributed by atoms with van der Waals surface area (Å²) >= 11 is 0. The Kier molecular flexibility index (Phi) is 5.97. The average molecular weight is 539 g/mol. The highest BCUT2D eigenvalue weighted by Gasteiger charge is 2.39. The first kappa shape index (κ1) is 24.5. The third-order valence-electron chi connectivity index (χ3n) is 8.60. The van der Waals surface area contributed by atoms with Gasteiger partial charge in [0.05, 0.1) is 5.69 Å². The van der Waals surface area contributed by atoms with Crippen molar-refractivity contribution in [3.05, 3.63) is 186 Å². The van der Waals surface area contributed by atoms with Crippen molar-refractivity contribution in [3.63, 3.8) is 0 Å². The smallest absolute Gasteiger partial charge is 0.0537 e. The van der Waals surface area contributed by atoms with Crippen LogP contribution in [0, 0.1) is 5.92 Å². The molecule has 0 spiro atoms. The predicted octanol–water partition coefficient (Wildman–Crippen LogP) is 10.6. The zero-order valence-corrected chi connectivity index (χ0v) is 23.2. The average Bonchev–Trinajstić information content (AvgIpc) is 3.07. The molecule has 8 rings (SSSR count). The fraction of sp³-hybridized carbons (Fsp3) is 0.0500. The number of benzene rings is 5. The maximum atomic E-state index is 2.43. The molecule has 0 radical (unpaired) electrons. The summed E-state index contributed by atoms with van der Waals surface area (Å²) in [5, 5.41) is 0. The van der Waals surface area contributed by atoms with E-state index in [0.717, 1.165) is 11.4 Å². The van der Waals surface area contributed by atoms with Crippen LogP contribution in [0.5, 0.6) is 0 Å². The lowest BCUT2D eigenvalue weighted by atomic mass is 9.67. The second-order valence-electron chi connectivity index (χ2n) is 11.0. The monoisotopic (exact) mass is 538 g/mol. The van der Waals surface area contributed by atoms with Crippen LogP contribution in [-0.4, -0.2) is 0 Å². The number of hydrogen-bond donors (Lipinski definition) is 0. The molecule has 0 aliphatic heterocycles. The summed E-state index contributed by atoms with van der Waals surface area (Å²) in [4.78, 5) is 4.82. The van der Waals surface area contributed by atoms with Gasteiger partial charge in [0.2, 0.25) is 0 Å². The van der Waals surface area contributed by atoms with E-state index in [2.05, 4.69) is 180 Å². The van der Waals surface area contributed by atoms with Gasteiger partial charge < -0.3 is 9.80 Å². The topological polar surface area (TPSA) is 6.48 Å². The van der Waals surface area contributed by atoms with E-state index in [-0.39, 0.29) is 11.8 Å². The lowest BCUT2D eigenvalue weighted by Gasteiger charge is -2.42. The molecule has 0 heterocycles. The second-order valence-corrected chi connectivity index (χ2v) is 11.0. The van der Waals surface area contributed by atoms with Gasteiger partial charge in [-0.05, 0) is 77.4 Å². The highest BCUT2D eigenvalue weighted by molar-refractivity contribution is 5.89. The van der Waals surface area contributed by atoms with Gasteiger partial charge in [-0.2, -0.15) is 0 Å². The molecule has 42 heavy (non-hydrogen) atoms. The van der Waals surface area contributed by atoms with Crippen LogP contribution in [-0.2, 0) is 0 Å². The van der Waals surface area contributed by atoms with Crippen molar-refractivity contribution in [2.75, 3.05) is 9.80 Å². The summed E-state index contributed by atoms with van der Waals surface area (Å²) in [6.07, 6.45) is 14.1. The van der Waals surface area contributed by atoms with Crippen molar-refractivity contribution in [3.8, 4) is 0 Å². The molecule has 0 fully saturated rings. The van der Waals surface area contributed by atoms with Crippen molar-refractivity contribution in [1.29, 1.82) is 0 Å². The Morgan fingerprint density at radius 2 is 0.976 bits per heavy atom. The van der Waals surface area contributed by atoms with E-state index in [1.54, 1.807) is 0 Å². The molecule has 0 amide bonds. The SMILES string of the molecule is C1=Cc2c(N(c3ccccc3)c3ccccc3)ccc3c2C2C1=CC=C(N(c1ccccc1)c1ccccc1)C2C=C3. The molecule has 2 heteroatoms.